The van der Waals surface area contributed by atoms with E-state index in [0.717, 1.165) is 6.07 Å². The highest BCUT2D eigenvalue weighted by Gasteiger charge is 2.15. The number of hydrogen-bond acceptors (Lipinski definition) is 3. The lowest BCUT2D eigenvalue weighted by atomic mass is 10.2. The molecule has 0 bridgehead atoms. The molecule has 78 valence electrons. The first-order valence-electron chi connectivity index (χ1n) is 4.05. The molecule has 0 amide bonds. The van der Waals surface area contributed by atoms with E-state index in [0.29, 0.717) is 0 Å². The van der Waals surface area contributed by atoms with Gasteiger partial charge in [0.1, 0.15) is 0 Å². The van der Waals surface area contributed by atoms with E-state index in [9.17, 15) is 8.78 Å². The van der Waals surface area contributed by atoms with Crippen molar-refractivity contribution in [3.05, 3.63) is 35.7 Å². The van der Waals surface area contributed by atoms with Crippen LogP contribution in [0.1, 0.15) is 5.82 Å². The van der Waals surface area contributed by atoms with Gasteiger partial charge in [-0.05, 0) is 12.1 Å². The Morgan fingerprint density at radius 3 is 2.80 bits per heavy atom. The van der Waals surface area contributed by atoms with Crippen LogP contribution in [0.15, 0.2) is 22.7 Å². The van der Waals surface area contributed by atoms with Gasteiger partial charge >= 0.3 is 0 Å². The molecular weight excluding hydrogens is 226 g/mol. The van der Waals surface area contributed by atoms with E-state index in [-0.39, 0.29) is 23.2 Å². The maximum atomic E-state index is 13.3. The number of rotatable bonds is 2. The average molecular weight is 231 g/mol. The molecular formula is C9H5ClF2N2O. The fourth-order valence-electron chi connectivity index (χ4n) is 1.09. The molecule has 1 aromatic heterocycles. The van der Waals surface area contributed by atoms with Crippen LogP contribution in [0.25, 0.3) is 11.5 Å². The van der Waals surface area contributed by atoms with Crippen LogP contribution in [0.2, 0.25) is 0 Å². The number of halogens is 3. The fourth-order valence-corrected chi connectivity index (χ4v) is 1.20. The van der Waals surface area contributed by atoms with E-state index in [1.807, 2.05) is 0 Å². The lowest BCUT2D eigenvalue weighted by molar-refractivity contribution is 0.420. The standard InChI is InChI=1S/C9H5ClF2N2O/c10-4-7-13-9(15-14-7)5-2-1-3-6(11)8(5)12/h1-3H,4H2. The molecule has 2 aromatic rings. The molecule has 0 fully saturated rings. The van der Waals surface area contributed by atoms with E-state index in [1.165, 1.54) is 12.1 Å². The number of hydrogen-bond donors (Lipinski definition) is 0. The van der Waals surface area contributed by atoms with Crippen LogP contribution in [0.5, 0.6) is 0 Å². The van der Waals surface area contributed by atoms with Crippen molar-refractivity contribution in [1.29, 1.82) is 0 Å². The molecule has 0 radical (unpaired) electrons. The summed E-state index contributed by atoms with van der Waals surface area (Å²) in [6.45, 7) is 0. The van der Waals surface area contributed by atoms with Gasteiger partial charge in [-0.2, -0.15) is 4.98 Å². The fraction of sp³-hybridized carbons (Fsp3) is 0.111. The minimum Gasteiger partial charge on any atom is -0.334 e. The van der Waals surface area contributed by atoms with Gasteiger partial charge in [-0.1, -0.05) is 11.2 Å². The lowest BCUT2D eigenvalue weighted by Gasteiger charge is -1.96. The zero-order valence-corrected chi connectivity index (χ0v) is 8.13. The maximum absolute atomic E-state index is 13.3. The molecule has 3 nitrogen and oxygen atoms in total. The van der Waals surface area contributed by atoms with E-state index in [2.05, 4.69) is 10.1 Å². The van der Waals surface area contributed by atoms with E-state index in [4.69, 9.17) is 16.1 Å². The van der Waals surface area contributed by atoms with Gasteiger partial charge in [-0.3, -0.25) is 0 Å². The first-order valence-corrected chi connectivity index (χ1v) is 4.58. The summed E-state index contributed by atoms with van der Waals surface area (Å²) in [5.74, 6) is -1.76. The number of aromatic nitrogens is 2. The Balaban J connectivity index is 2.49. The Labute approximate surface area is 88.7 Å². The van der Waals surface area contributed by atoms with Crippen LogP contribution in [-0.4, -0.2) is 10.1 Å². The second kappa shape index (κ2) is 3.94. The highest BCUT2D eigenvalue weighted by Crippen LogP contribution is 2.22. The highest BCUT2D eigenvalue weighted by molar-refractivity contribution is 6.16. The molecule has 0 aliphatic heterocycles. The third kappa shape index (κ3) is 1.83. The molecule has 0 aliphatic rings. The van der Waals surface area contributed by atoms with Crippen LogP contribution in [-0.2, 0) is 5.88 Å². The summed E-state index contributed by atoms with van der Waals surface area (Å²) in [6, 6.07) is 3.72. The Morgan fingerprint density at radius 2 is 2.13 bits per heavy atom. The van der Waals surface area contributed by atoms with Gasteiger partial charge in [-0.25, -0.2) is 8.78 Å². The lowest BCUT2D eigenvalue weighted by Crippen LogP contribution is -1.89. The molecule has 0 saturated carbocycles. The molecule has 1 heterocycles. The molecule has 0 N–H and O–H groups in total. The number of benzene rings is 1. The summed E-state index contributed by atoms with van der Waals surface area (Å²) < 4.78 is 30.9. The summed E-state index contributed by atoms with van der Waals surface area (Å²) in [5, 5.41) is 3.47. The SMILES string of the molecule is Fc1cccc(-c2nc(CCl)no2)c1F. The van der Waals surface area contributed by atoms with Crippen LogP contribution in [0.4, 0.5) is 8.78 Å². The highest BCUT2D eigenvalue weighted by atomic mass is 35.5. The second-order valence-electron chi connectivity index (χ2n) is 2.75. The minimum atomic E-state index is -1.01. The summed E-state index contributed by atoms with van der Waals surface area (Å²) >= 11 is 5.45. The summed E-state index contributed by atoms with van der Waals surface area (Å²) in [4.78, 5) is 3.78. The molecule has 15 heavy (non-hydrogen) atoms. The van der Waals surface area contributed by atoms with Gasteiger partial charge in [0.15, 0.2) is 17.5 Å². The van der Waals surface area contributed by atoms with Crippen LogP contribution >= 0.6 is 11.6 Å². The zero-order valence-electron chi connectivity index (χ0n) is 7.38. The molecule has 1 aromatic carbocycles. The van der Waals surface area contributed by atoms with Gasteiger partial charge < -0.3 is 4.52 Å². The molecule has 0 unspecified atom stereocenters. The van der Waals surface area contributed by atoms with E-state index >= 15 is 0 Å². The second-order valence-corrected chi connectivity index (χ2v) is 3.02. The van der Waals surface area contributed by atoms with Crippen molar-refractivity contribution < 1.29 is 13.3 Å². The molecule has 0 saturated heterocycles. The minimum absolute atomic E-state index is 0.0560. The zero-order chi connectivity index (χ0) is 10.8. The van der Waals surface area contributed by atoms with Gasteiger partial charge in [0.05, 0.1) is 11.4 Å². The topological polar surface area (TPSA) is 38.9 Å². The summed E-state index contributed by atoms with van der Waals surface area (Å²) in [7, 11) is 0. The van der Waals surface area contributed by atoms with Crippen molar-refractivity contribution in [1.82, 2.24) is 10.1 Å². The van der Waals surface area contributed by atoms with Crippen molar-refractivity contribution in [2.75, 3.05) is 0 Å². The predicted octanol–water partition coefficient (Wildman–Crippen LogP) is 2.75. The molecule has 2 rings (SSSR count). The van der Waals surface area contributed by atoms with Gasteiger partial charge in [-0.15, -0.1) is 11.6 Å². The van der Waals surface area contributed by atoms with Crippen molar-refractivity contribution in [3.63, 3.8) is 0 Å². The van der Waals surface area contributed by atoms with Gasteiger partial charge in [0.25, 0.3) is 5.89 Å². The van der Waals surface area contributed by atoms with Crippen molar-refractivity contribution in [2.24, 2.45) is 0 Å². The normalized spacial score (nSPS) is 10.6. The van der Waals surface area contributed by atoms with Crippen LogP contribution in [0.3, 0.4) is 0 Å². The van der Waals surface area contributed by atoms with Crippen molar-refractivity contribution in [3.8, 4) is 11.5 Å². The quantitative estimate of drug-likeness (QED) is 0.745. The molecule has 0 atom stereocenters. The Morgan fingerprint density at radius 1 is 1.33 bits per heavy atom. The Hall–Kier alpha value is -1.49. The summed E-state index contributed by atoms with van der Waals surface area (Å²) in [5.41, 5.74) is -0.0705. The van der Waals surface area contributed by atoms with Crippen LogP contribution in [0, 0.1) is 11.6 Å². The first kappa shape index (κ1) is 10.0. The van der Waals surface area contributed by atoms with Gasteiger partial charge in [0, 0.05) is 0 Å². The Kier molecular flexibility index (Phi) is 2.64. The smallest absolute Gasteiger partial charge is 0.261 e. The summed E-state index contributed by atoms with van der Waals surface area (Å²) in [6.07, 6.45) is 0. The Bertz CT molecular complexity index is 487. The predicted molar refractivity (Wildman–Crippen MR) is 49.2 cm³/mol. The number of nitrogens with zero attached hydrogens (tertiary/aromatic N) is 2. The first-order chi connectivity index (χ1) is 7.22. The molecule has 0 aliphatic carbocycles. The van der Waals surface area contributed by atoms with E-state index < -0.39 is 11.6 Å². The van der Waals surface area contributed by atoms with E-state index in [1.54, 1.807) is 0 Å². The molecule has 6 heteroatoms. The third-order valence-electron chi connectivity index (χ3n) is 1.77. The van der Waals surface area contributed by atoms with Crippen LogP contribution < -0.4 is 0 Å². The van der Waals surface area contributed by atoms with Gasteiger partial charge in [0.2, 0.25) is 0 Å². The third-order valence-corrected chi connectivity index (χ3v) is 2.01. The average Bonchev–Trinajstić information content (AvgIpc) is 2.70. The van der Waals surface area contributed by atoms with Crippen molar-refractivity contribution >= 4 is 11.6 Å². The maximum Gasteiger partial charge on any atom is 0.261 e. The molecule has 0 spiro atoms. The number of alkyl halides is 1. The van der Waals surface area contributed by atoms with Crippen molar-refractivity contribution in [2.45, 2.75) is 5.88 Å². The monoisotopic (exact) mass is 230 g/mol. The largest absolute Gasteiger partial charge is 0.334 e.